The number of carbonyl (C=O) groups is 1. The highest BCUT2D eigenvalue weighted by molar-refractivity contribution is 5.94. The summed E-state index contributed by atoms with van der Waals surface area (Å²) in [6.07, 6.45) is 0.726. The number of rotatable bonds is 6. The molecule has 2 unspecified atom stereocenters. The Bertz CT molecular complexity index is 475. The first-order chi connectivity index (χ1) is 9.35. The van der Waals surface area contributed by atoms with E-state index in [1.807, 2.05) is 13.8 Å². The molecule has 1 amide bonds. The van der Waals surface area contributed by atoms with Crippen molar-refractivity contribution in [3.63, 3.8) is 0 Å². The number of alkyl halides is 2. The maximum absolute atomic E-state index is 13.4. The van der Waals surface area contributed by atoms with Crippen LogP contribution in [-0.4, -0.2) is 18.6 Å². The molecule has 3 N–H and O–H groups in total. The molecule has 8 heteroatoms. The number of anilines is 1. The SMILES string of the molecule is CCC(C)C(N)C(=O)Nc1ccc(OC(F)F)c(F)c1.Cl. The van der Waals surface area contributed by atoms with Crippen LogP contribution in [0.5, 0.6) is 5.75 Å². The monoisotopic (exact) mass is 326 g/mol. The topological polar surface area (TPSA) is 64.4 Å². The first kappa shape index (κ1) is 19.5. The Labute approximate surface area is 127 Å². The number of carbonyl (C=O) groups excluding carboxylic acids is 1. The zero-order chi connectivity index (χ0) is 15.3. The molecule has 21 heavy (non-hydrogen) atoms. The molecule has 1 aromatic rings. The lowest BCUT2D eigenvalue weighted by Crippen LogP contribution is -2.40. The van der Waals surface area contributed by atoms with E-state index in [2.05, 4.69) is 10.1 Å². The lowest BCUT2D eigenvalue weighted by molar-refractivity contribution is -0.118. The van der Waals surface area contributed by atoms with Gasteiger partial charge in [0.2, 0.25) is 5.91 Å². The fourth-order valence-corrected chi connectivity index (χ4v) is 1.51. The maximum atomic E-state index is 13.4. The van der Waals surface area contributed by atoms with Crippen molar-refractivity contribution in [3.8, 4) is 5.75 Å². The molecule has 0 bridgehead atoms. The number of nitrogens with two attached hydrogens (primary N) is 1. The number of hydrogen-bond acceptors (Lipinski definition) is 3. The minimum absolute atomic E-state index is 0. The van der Waals surface area contributed by atoms with E-state index in [1.165, 1.54) is 6.07 Å². The van der Waals surface area contributed by atoms with E-state index in [0.29, 0.717) is 0 Å². The van der Waals surface area contributed by atoms with Gasteiger partial charge in [-0.1, -0.05) is 20.3 Å². The van der Waals surface area contributed by atoms with Crippen LogP contribution in [0.2, 0.25) is 0 Å². The normalized spacial score (nSPS) is 13.3. The Morgan fingerprint density at radius 1 is 1.43 bits per heavy atom. The van der Waals surface area contributed by atoms with Gasteiger partial charge in [0.15, 0.2) is 11.6 Å². The van der Waals surface area contributed by atoms with Gasteiger partial charge in [-0.05, 0) is 18.1 Å². The summed E-state index contributed by atoms with van der Waals surface area (Å²) < 4.78 is 41.3. The molecule has 1 rings (SSSR count). The Balaban J connectivity index is 0.00000400. The average Bonchev–Trinajstić information content (AvgIpc) is 2.39. The van der Waals surface area contributed by atoms with Gasteiger partial charge in [0.1, 0.15) is 0 Å². The molecule has 0 spiro atoms. The Morgan fingerprint density at radius 2 is 2.05 bits per heavy atom. The Kier molecular flexibility index (Phi) is 8.12. The zero-order valence-corrected chi connectivity index (χ0v) is 12.4. The zero-order valence-electron chi connectivity index (χ0n) is 11.6. The number of hydrogen-bond donors (Lipinski definition) is 2. The molecule has 0 aliphatic heterocycles. The predicted molar refractivity (Wildman–Crippen MR) is 76.3 cm³/mol. The highest BCUT2D eigenvalue weighted by Crippen LogP contribution is 2.23. The molecule has 0 radical (unpaired) electrons. The van der Waals surface area contributed by atoms with E-state index in [1.54, 1.807) is 0 Å². The lowest BCUT2D eigenvalue weighted by atomic mass is 9.99. The van der Waals surface area contributed by atoms with Gasteiger partial charge in [0, 0.05) is 11.8 Å². The van der Waals surface area contributed by atoms with Gasteiger partial charge in [-0.3, -0.25) is 4.79 Å². The second-order valence-electron chi connectivity index (χ2n) is 4.42. The van der Waals surface area contributed by atoms with Crippen molar-refractivity contribution in [2.75, 3.05) is 5.32 Å². The van der Waals surface area contributed by atoms with Crippen molar-refractivity contribution in [2.24, 2.45) is 11.7 Å². The van der Waals surface area contributed by atoms with Crippen LogP contribution in [0.15, 0.2) is 18.2 Å². The summed E-state index contributed by atoms with van der Waals surface area (Å²) in [4.78, 5) is 11.8. The van der Waals surface area contributed by atoms with E-state index in [-0.39, 0.29) is 24.0 Å². The van der Waals surface area contributed by atoms with Crippen molar-refractivity contribution in [1.82, 2.24) is 0 Å². The molecule has 0 aliphatic rings. The molecule has 0 heterocycles. The molecule has 1 aromatic carbocycles. The van der Waals surface area contributed by atoms with Gasteiger partial charge >= 0.3 is 6.61 Å². The van der Waals surface area contributed by atoms with E-state index in [9.17, 15) is 18.0 Å². The van der Waals surface area contributed by atoms with Crippen LogP contribution in [0, 0.1) is 11.7 Å². The minimum Gasteiger partial charge on any atom is -0.432 e. The molecular weight excluding hydrogens is 309 g/mol. The third kappa shape index (κ3) is 5.81. The molecule has 4 nitrogen and oxygen atoms in total. The molecule has 0 aromatic heterocycles. The fraction of sp³-hybridized carbons (Fsp3) is 0.462. The third-order valence-corrected chi connectivity index (χ3v) is 2.98. The molecular formula is C13H18ClF3N2O2. The summed E-state index contributed by atoms with van der Waals surface area (Å²) >= 11 is 0. The standard InChI is InChI=1S/C13H17F3N2O2.ClH/c1-3-7(2)11(17)12(19)18-8-4-5-10(9(14)6-8)20-13(15)16;/h4-7,11,13H,3,17H2,1-2H3,(H,18,19);1H. The quantitative estimate of drug-likeness (QED) is 0.844. The van der Waals surface area contributed by atoms with Gasteiger partial charge in [-0.25, -0.2) is 4.39 Å². The van der Waals surface area contributed by atoms with Gasteiger partial charge in [0.25, 0.3) is 0 Å². The second kappa shape index (κ2) is 8.74. The van der Waals surface area contributed by atoms with E-state index < -0.39 is 30.1 Å². The molecule has 0 fully saturated rings. The maximum Gasteiger partial charge on any atom is 0.387 e. The van der Waals surface area contributed by atoms with Crippen molar-refractivity contribution in [2.45, 2.75) is 32.9 Å². The summed E-state index contributed by atoms with van der Waals surface area (Å²) in [5.41, 5.74) is 5.86. The summed E-state index contributed by atoms with van der Waals surface area (Å²) in [6, 6.07) is 2.47. The average molecular weight is 327 g/mol. The highest BCUT2D eigenvalue weighted by Gasteiger charge is 2.20. The number of ether oxygens (including phenoxy) is 1. The smallest absolute Gasteiger partial charge is 0.387 e. The van der Waals surface area contributed by atoms with Crippen molar-refractivity contribution < 1.29 is 22.7 Å². The van der Waals surface area contributed by atoms with E-state index in [0.717, 1.165) is 18.6 Å². The summed E-state index contributed by atoms with van der Waals surface area (Å²) in [5, 5.41) is 2.43. The first-order valence-electron chi connectivity index (χ1n) is 6.16. The number of nitrogens with one attached hydrogen (secondary N) is 1. The Morgan fingerprint density at radius 3 is 2.52 bits per heavy atom. The van der Waals surface area contributed by atoms with E-state index >= 15 is 0 Å². The van der Waals surface area contributed by atoms with Crippen LogP contribution in [0.1, 0.15) is 20.3 Å². The predicted octanol–water partition coefficient (Wildman–Crippen LogP) is 3.16. The molecule has 120 valence electrons. The van der Waals surface area contributed by atoms with Crippen LogP contribution in [0.4, 0.5) is 18.9 Å². The van der Waals surface area contributed by atoms with Crippen molar-refractivity contribution >= 4 is 24.0 Å². The number of amides is 1. The van der Waals surface area contributed by atoms with Crippen LogP contribution >= 0.6 is 12.4 Å². The molecule has 0 saturated carbocycles. The van der Waals surface area contributed by atoms with Crippen LogP contribution in [0.25, 0.3) is 0 Å². The lowest BCUT2D eigenvalue weighted by Gasteiger charge is -2.18. The number of benzene rings is 1. The van der Waals surface area contributed by atoms with Gasteiger partial charge in [0.05, 0.1) is 6.04 Å². The van der Waals surface area contributed by atoms with Gasteiger partial charge in [-0.15, -0.1) is 12.4 Å². The van der Waals surface area contributed by atoms with Crippen LogP contribution in [0.3, 0.4) is 0 Å². The summed E-state index contributed by atoms with van der Waals surface area (Å²) in [6.45, 7) is 0.613. The van der Waals surface area contributed by atoms with E-state index in [4.69, 9.17) is 5.73 Å². The minimum atomic E-state index is -3.11. The van der Waals surface area contributed by atoms with Gasteiger partial charge < -0.3 is 15.8 Å². The van der Waals surface area contributed by atoms with Crippen LogP contribution in [-0.2, 0) is 4.79 Å². The second-order valence-corrected chi connectivity index (χ2v) is 4.42. The van der Waals surface area contributed by atoms with Crippen LogP contribution < -0.4 is 15.8 Å². The highest BCUT2D eigenvalue weighted by atomic mass is 35.5. The summed E-state index contributed by atoms with van der Waals surface area (Å²) in [7, 11) is 0. The summed E-state index contributed by atoms with van der Waals surface area (Å²) in [5.74, 6) is -2.05. The third-order valence-electron chi connectivity index (χ3n) is 2.98. The first-order valence-corrected chi connectivity index (χ1v) is 6.16. The molecule has 0 aliphatic carbocycles. The Hall–Kier alpha value is -1.47. The molecule has 2 atom stereocenters. The largest absolute Gasteiger partial charge is 0.432 e. The van der Waals surface area contributed by atoms with Gasteiger partial charge in [-0.2, -0.15) is 8.78 Å². The molecule has 0 saturated heterocycles. The number of halogens is 4. The van der Waals surface area contributed by atoms with Crippen molar-refractivity contribution in [1.29, 1.82) is 0 Å². The fourth-order valence-electron chi connectivity index (χ4n) is 1.51. The van der Waals surface area contributed by atoms with Crippen molar-refractivity contribution in [3.05, 3.63) is 24.0 Å².